The largest absolute Gasteiger partial charge is 0.337 e. The third-order valence-corrected chi connectivity index (χ3v) is 7.10. The number of rotatable bonds is 7. The van der Waals surface area contributed by atoms with E-state index in [1.165, 1.54) is 16.2 Å². The molecule has 2 aromatic heterocycles. The molecule has 1 saturated heterocycles. The van der Waals surface area contributed by atoms with Gasteiger partial charge in [-0.15, -0.1) is 0 Å². The number of imidazole rings is 1. The third-order valence-electron chi connectivity index (χ3n) is 6.08. The van der Waals surface area contributed by atoms with Crippen LogP contribution in [0.3, 0.4) is 0 Å². The zero-order valence-corrected chi connectivity index (χ0v) is 20.4. The first-order valence-electron chi connectivity index (χ1n) is 11.5. The van der Waals surface area contributed by atoms with Gasteiger partial charge in [-0.3, -0.25) is 24.2 Å². The normalized spacial score (nSPS) is 13.7. The highest BCUT2D eigenvalue weighted by Gasteiger charge is 2.30. The molecule has 0 spiro atoms. The Balaban J connectivity index is 1.44. The second-order valence-corrected chi connectivity index (χ2v) is 9.71. The Kier molecular flexibility index (Phi) is 6.17. The van der Waals surface area contributed by atoms with E-state index in [4.69, 9.17) is 4.98 Å². The molecule has 178 valence electrons. The lowest BCUT2D eigenvalue weighted by Crippen LogP contribution is -2.32. The fourth-order valence-corrected chi connectivity index (χ4v) is 5.53. The number of thiazole rings is 1. The third kappa shape index (κ3) is 4.59. The predicted molar refractivity (Wildman–Crippen MR) is 136 cm³/mol. The summed E-state index contributed by atoms with van der Waals surface area (Å²) in [6, 6.07) is 10.8. The minimum Gasteiger partial charge on any atom is -0.337 e. The van der Waals surface area contributed by atoms with E-state index in [-0.39, 0.29) is 30.6 Å². The number of imide groups is 1. The Morgan fingerprint density at radius 3 is 2.51 bits per heavy atom. The molecule has 0 bridgehead atoms. The van der Waals surface area contributed by atoms with Gasteiger partial charge in [0.05, 0.1) is 22.2 Å². The minimum absolute atomic E-state index is 0.172. The molecule has 0 atom stereocenters. The van der Waals surface area contributed by atoms with E-state index >= 15 is 0 Å². The van der Waals surface area contributed by atoms with Crippen molar-refractivity contribution in [1.82, 2.24) is 14.5 Å². The number of amides is 3. The molecule has 0 saturated carbocycles. The van der Waals surface area contributed by atoms with Gasteiger partial charge in [-0.25, -0.2) is 9.97 Å². The molecule has 4 aromatic rings. The van der Waals surface area contributed by atoms with E-state index in [1.807, 2.05) is 17.7 Å². The lowest BCUT2D eigenvalue weighted by molar-refractivity contribution is -0.121. The summed E-state index contributed by atoms with van der Waals surface area (Å²) in [6.45, 7) is 5.30. The summed E-state index contributed by atoms with van der Waals surface area (Å²) < 4.78 is 3.03. The number of aromatic nitrogens is 3. The van der Waals surface area contributed by atoms with Gasteiger partial charge in [0.15, 0.2) is 5.13 Å². The van der Waals surface area contributed by atoms with Crippen molar-refractivity contribution in [3.05, 3.63) is 71.8 Å². The van der Waals surface area contributed by atoms with Crippen molar-refractivity contribution in [3.63, 3.8) is 0 Å². The number of fused-ring (bicyclic) bond motifs is 1. The van der Waals surface area contributed by atoms with E-state index in [0.29, 0.717) is 22.9 Å². The van der Waals surface area contributed by atoms with Crippen molar-refractivity contribution in [2.75, 3.05) is 16.3 Å². The number of aryl methyl sites for hydroxylation is 3. The smallest absolute Gasteiger partial charge is 0.260 e. The summed E-state index contributed by atoms with van der Waals surface area (Å²) in [5, 5.41) is 0.651. The van der Waals surface area contributed by atoms with Crippen LogP contribution in [0.4, 0.5) is 10.8 Å². The number of benzene rings is 2. The molecule has 3 amide bonds. The molecule has 1 aliphatic rings. The number of nitrogens with zero attached hydrogens (tertiary/aromatic N) is 5. The van der Waals surface area contributed by atoms with Crippen LogP contribution < -0.4 is 9.80 Å². The number of hydrogen-bond donors (Lipinski definition) is 0. The monoisotopic (exact) mass is 487 g/mol. The topological polar surface area (TPSA) is 88.4 Å². The molecule has 3 heterocycles. The Morgan fingerprint density at radius 1 is 1.09 bits per heavy atom. The summed E-state index contributed by atoms with van der Waals surface area (Å²) in [7, 11) is 0. The number of carbonyl (C=O) groups is 3. The minimum atomic E-state index is -0.213. The zero-order valence-electron chi connectivity index (χ0n) is 19.6. The maximum Gasteiger partial charge on any atom is 0.260 e. The molecular formula is C26H25N5O3S. The van der Waals surface area contributed by atoms with Crippen molar-refractivity contribution in [1.29, 1.82) is 0 Å². The van der Waals surface area contributed by atoms with Gasteiger partial charge in [0.1, 0.15) is 0 Å². The molecule has 8 nitrogen and oxygen atoms in total. The van der Waals surface area contributed by atoms with Gasteiger partial charge in [0.25, 0.3) is 5.91 Å². The summed E-state index contributed by atoms with van der Waals surface area (Å²) in [5.41, 5.74) is 4.11. The van der Waals surface area contributed by atoms with Crippen molar-refractivity contribution in [2.45, 2.75) is 39.7 Å². The van der Waals surface area contributed by atoms with Crippen LogP contribution >= 0.6 is 11.3 Å². The average Bonchev–Trinajstić information content (AvgIpc) is 3.57. The average molecular weight is 488 g/mol. The SMILES string of the molecule is Cc1cc(C)c2nc(N(CCCn3ccnc3)C(=O)c3ccc(N4C(=O)CCC4=O)cc3)sc2c1. The van der Waals surface area contributed by atoms with Crippen molar-refractivity contribution in [3.8, 4) is 0 Å². The Hall–Kier alpha value is -3.85. The highest BCUT2D eigenvalue weighted by atomic mass is 32.1. The van der Waals surface area contributed by atoms with Crippen LogP contribution in [0.1, 0.15) is 40.7 Å². The first kappa shape index (κ1) is 22.9. The van der Waals surface area contributed by atoms with Gasteiger partial charge in [-0.2, -0.15) is 0 Å². The summed E-state index contributed by atoms with van der Waals surface area (Å²) in [5.74, 6) is -0.597. The summed E-state index contributed by atoms with van der Waals surface area (Å²) in [6.07, 6.45) is 6.57. The molecule has 0 aliphatic carbocycles. The highest BCUT2D eigenvalue weighted by molar-refractivity contribution is 7.22. The first-order chi connectivity index (χ1) is 16.9. The molecule has 0 N–H and O–H groups in total. The van der Waals surface area contributed by atoms with Crippen LogP contribution in [0.15, 0.2) is 55.1 Å². The molecular weight excluding hydrogens is 462 g/mol. The second kappa shape index (κ2) is 9.42. The van der Waals surface area contributed by atoms with Gasteiger partial charge in [0, 0.05) is 43.9 Å². The van der Waals surface area contributed by atoms with Gasteiger partial charge >= 0.3 is 0 Å². The summed E-state index contributed by atoms with van der Waals surface area (Å²) >= 11 is 1.51. The predicted octanol–water partition coefficient (Wildman–Crippen LogP) is 4.50. The Bertz CT molecular complexity index is 1390. The molecule has 1 aliphatic heterocycles. The quantitative estimate of drug-likeness (QED) is 0.358. The van der Waals surface area contributed by atoms with Crippen LogP contribution in [0.5, 0.6) is 0 Å². The highest BCUT2D eigenvalue weighted by Crippen LogP contribution is 2.33. The molecule has 5 rings (SSSR count). The van der Waals surface area contributed by atoms with Crippen LogP contribution in [0, 0.1) is 13.8 Å². The van der Waals surface area contributed by atoms with E-state index in [9.17, 15) is 14.4 Å². The van der Waals surface area contributed by atoms with Gasteiger partial charge in [0.2, 0.25) is 11.8 Å². The van der Waals surface area contributed by atoms with Gasteiger partial charge < -0.3 is 4.57 Å². The zero-order chi connectivity index (χ0) is 24.5. The molecule has 35 heavy (non-hydrogen) atoms. The maximum absolute atomic E-state index is 13.7. The first-order valence-corrected chi connectivity index (χ1v) is 12.3. The maximum atomic E-state index is 13.7. The molecule has 0 unspecified atom stereocenters. The van der Waals surface area contributed by atoms with Gasteiger partial charge in [-0.05, 0) is 61.7 Å². The fourth-order valence-electron chi connectivity index (χ4n) is 4.36. The number of anilines is 2. The molecule has 0 radical (unpaired) electrons. The van der Waals surface area contributed by atoms with E-state index in [1.54, 1.807) is 41.7 Å². The van der Waals surface area contributed by atoms with E-state index < -0.39 is 0 Å². The molecule has 2 aromatic carbocycles. The van der Waals surface area contributed by atoms with E-state index in [0.717, 1.165) is 34.3 Å². The molecule has 1 fully saturated rings. The van der Waals surface area contributed by atoms with Crippen molar-refractivity contribution >= 4 is 50.1 Å². The number of carbonyl (C=O) groups excluding carboxylic acids is 3. The van der Waals surface area contributed by atoms with Crippen LogP contribution in [0.25, 0.3) is 10.2 Å². The lowest BCUT2D eigenvalue weighted by atomic mass is 10.1. The van der Waals surface area contributed by atoms with E-state index in [2.05, 4.69) is 24.0 Å². The lowest BCUT2D eigenvalue weighted by Gasteiger charge is -2.21. The standard InChI is InChI=1S/C26H25N5O3S/c1-17-14-18(2)24-21(15-17)35-26(28-24)30(12-3-11-29-13-10-27-16-29)25(34)19-4-6-20(7-5-19)31-22(32)8-9-23(31)33/h4-7,10,13-16H,3,8-9,11-12H2,1-2H3. The van der Waals surface area contributed by atoms with Crippen LogP contribution in [0.2, 0.25) is 0 Å². The van der Waals surface area contributed by atoms with Crippen LogP contribution in [-0.2, 0) is 16.1 Å². The number of hydrogen-bond acceptors (Lipinski definition) is 6. The Labute approximate surface area is 206 Å². The second-order valence-electron chi connectivity index (χ2n) is 8.71. The summed E-state index contributed by atoms with van der Waals surface area (Å²) in [4.78, 5) is 49.6. The Morgan fingerprint density at radius 2 is 1.83 bits per heavy atom. The van der Waals surface area contributed by atoms with Crippen LogP contribution in [-0.4, -0.2) is 38.8 Å². The fraction of sp³-hybridized carbons (Fsp3) is 0.269. The molecule has 9 heteroatoms. The van der Waals surface area contributed by atoms with Crippen molar-refractivity contribution < 1.29 is 14.4 Å². The van der Waals surface area contributed by atoms with Crippen molar-refractivity contribution in [2.24, 2.45) is 0 Å². The van der Waals surface area contributed by atoms with Gasteiger partial charge in [-0.1, -0.05) is 17.4 Å².